The molecule has 2 bridgehead atoms. The van der Waals surface area contributed by atoms with Gasteiger partial charge in [0, 0.05) is 12.1 Å². The molecule has 1 aliphatic rings. The lowest BCUT2D eigenvalue weighted by Gasteiger charge is -2.18. The number of hydrogen-bond acceptors (Lipinski definition) is 6. The third-order valence-electron chi connectivity index (χ3n) is 4.92. The molecule has 0 saturated heterocycles. The zero-order valence-electron chi connectivity index (χ0n) is 17.4. The summed E-state index contributed by atoms with van der Waals surface area (Å²) in [6.07, 6.45) is 0.539. The van der Waals surface area contributed by atoms with Crippen molar-refractivity contribution in [2.45, 2.75) is 26.0 Å². The van der Waals surface area contributed by atoms with Crippen molar-refractivity contribution in [3.8, 4) is 0 Å². The summed E-state index contributed by atoms with van der Waals surface area (Å²) in [6.45, 7) is 2.05. The molecule has 7 heteroatoms. The first-order valence-electron chi connectivity index (χ1n) is 9.78. The number of anilines is 1. The Kier molecular flexibility index (Phi) is 6.87. The number of fused-ring (bicyclic) bond motifs is 2. The first-order chi connectivity index (χ1) is 14.9. The zero-order chi connectivity index (χ0) is 22.4. The molecule has 0 amide bonds. The molecule has 2 heterocycles. The van der Waals surface area contributed by atoms with E-state index in [1.807, 2.05) is 48.5 Å². The number of carbonyl (C=O) groups is 2. The first kappa shape index (κ1) is 21.8. The number of benzene rings is 2. The van der Waals surface area contributed by atoms with Crippen molar-refractivity contribution in [3.05, 3.63) is 99.5 Å². The van der Waals surface area contributed by atoms with Gasteiger partial charge in [-0.25, -0.2) is 9.59 Å². The molecular weight excluding hydrogens is 396 g/mol. The molecule has 31 heavy (non-hydrogen) atoms. The van der Waals surface area contributed by atoms with Crippen molar-refractivity contribution in [1.82, 2.24) is 4.57 Å². The highest BCUT2D eigenvalue weighted by molar-refractivity contribution is 5.90. The van der Waals surface area contributed by atoms with E-state index in [0.717, 1.165) is 16.8 Å². The molecule has 1 aliphatic heterocycles. The van der Waals surface area contributed by atoms with Crippen LogP contribution >= 0.6 is 0 Å². The topological polar surface area (TPSA) is 101 Å². The molecule has 1 unspecified atom stereocenters. The third-order valence-corrected chi connectivity index (χ3v) is 4.92. The Labute approximate surface area is 180 Å². The largest absolute Gasteiger partial charge is 0.467 e. The number of nitrogens with two attached hydrogens (primary N) is 1. The predicted octanol–water partition coefficient (Wildman–Crippen LogP) is 3.11. The summed E-state index contributed by atoms with van der Waals surface area (Å²) in [4.78, 5) is 34.9. The number of cyclic esters (lactones) is 1. The van der Waals surface area contributed by atoms with Crippen LogP contribution in [0.5, 0.6) is 0 Å². The van der Waals surface area contributed by atoms with Crippen LogP contribution in [0.4, 0.5) is 5.69 Å². The fourth-order valence-electron chi connectivity index (χ4n) is 3.28. The van der Waals surface area contributed by atoms with Gasteiger partial charge in [-0.2, -0.15) is 0 Å². The molecule has 1 atom stereocenters. The lowest BCUT2D eigenvalue weighted by molar-refractivity contribution is -0.144. The van der Waals surface area contributed by atoms with Crippen LogP contribution in [0.15, 0.2) is 71.5 Å². The quantitative estimate of drug-likeness (QED) is 0.651. The molecule has 0 radical (unpaired) electrons. The van der Waals surface area contributed by atoms with Gasteiger partial charge in [-0.3, -0.25) is 9.36 Å². The van der Waals surface area contributed by atoms with Crippen molar-refractivity contribution in [3.63, 3.8) is 0 Å². The summed E-state index contributed by atoms with van der Waals surface area (Å²) in [5, 5.41) is 0. The number of carbonyl (C=O) groups excluding carboxylic acids is 2. The molecule has 160 valence electrons. The van der Waals surface area contributed by atoms with Crippen LogP contribution in [-0.4, -0.2) is 23.6 Å². The number of aromatic nitrogens is 1. The molecule has 0 fully saturated rings. The van der Waals surface area contributed by atoms with E-state index in [2.05, 4.69) is 0 Å². The number of hydrogen-bond donors (Lipinski definition) is 1. The Morgan fingerprint density at radius 2 is 1.84 bits per heavy atom. The van der Waals surface area contributed by atoms with Crippen LogP contribution in [0.2, 0.25) is 0 Å². The van der Waals surface area contributed by atoms with Crippen LogP contribution < -0.4 is 11.3 Å². The molecule has 1 aromatic heterocycles. The van der Waals surface area contributed by atoms with Gasteiger partial charge in [-0.1, -0.05) is 42.5 Å². The average Bonchev–Trinajstić information content (AvgIpc) is 2.80. The number of rotatable bonds is 4. The molecular formula is C24H24N2O5. The summed E-state index contributed by atoms with van der Waals surface area (Å²) in [7, 11) is 1.30. The number of esters is 2. The van der Waals surface area contributed by atoms with E-state index >= 15 is 0 Å². The van der Waals surface area contributed by atoms with E-state index in [1.54, 1.807) is 25.1 Å². The third kappa shape index (κ3) is 5.19. The number of nitrogen functional groups attached to an aromatic ring is 1. The van der Waals surface area contributed by atoms with Crippen LogP contribution in [0, 0.1) is 0 Å². The van der Waals surface area contributed by atoms with Gasteiger partial charge in [0.15, 0.2) is 0 Å². The van der Waals surface area contributed by atoms with Crippen molar-refractivity contribution in [2.24, 2.45) is 0 Å². The van der Waals surface area contributed by atoms with E-state index in [-0.39, 0.29) is 17.2 Å². The fraction of sp³-hybridized carbons (Fsp3) is 0.208. The molecule has 2 N–H and O–H groups in total. The minimum absolute atomic E-state index is 0.113. The minimum Gasteiger partial charge on any atom is -0.467 e. The van der Waals surface area contributed by atoms with Crippen LogP contribution in [0.3, 0.4) is 0 Å². The molecule has 2 aromatic carbocycles. The van der Waals surface area contributed by atoms with Gasteiger partial charge >= 0.3 is 11.9 Å². The van der Waals surface area contributed by atoms with E-state index in [9.17, 15) is 14.4 Å². The molecule has 0 spiro atoms. The first-order valence-corrected chi connectivity index (χ1v) is 9.78. The standard InChI is InChI=1S/C16H18N2O3.C8H6O2/c1-11(16(20)21-2)18-13(8-9-14(17)15(18)19)10-12-6-4-3-5-7-12;9-8-7-3-1-2-6(4-7)5-10-8/h3-9,11H,10,17H2,1-2H3;1-4H,5H2. The molecule has 7 nitrogen and oxygen atoms in total. The second-order valence-corrected chi connectivity index (χ2v) is 7.09. The van der Waals surface area contributed by atoms with Gasteiger partial charge in [0.2, 0.25) is 0 Å². The van der Waals surface area contributed by atoms with Crippen LogP contribution in [0.25, 0.3) is 0 Å². The second-order valence-electron chi connectivity index (χ2n) is 7.09. The monoisotopic (exact) mass is 420 g/mol. The highest BCUT2D eigenvalue weighted by Crippen LogP contribution is 2.15. The predicted molar refractivity (Wildman–Crippen MR) is 117 cm³/mol. The van der Waals surface area contributed by atoms with Gasteiger partial charge < -0.3 is 15.2 Å². The Balaban J connectivity index is 0.000000225. The lowest BCUT2D eigenvalue weighted by atomic mass is 10.1. The van der Waals surface area contributed by atoms with E-state index < -0.39 is 12.0 Å². The van der Waals surface area contributed by atoms with Crippen molar-refractivity contribution < 1.29 is 19.1 Å². The zero-order valence-corrected chi connectivity index (χ0v) is 17.4. The summed E-state index contributed by atoms with van der Waals surface area (Å²) < 4.78 is 10.9. The Morgan fingerprint density at radius 1 is 1.10 bits per heavy atom. The Hall–Kier alpha value is -3.87. The maximum atomic E-state index is 12.3. The van der Waals surface area contributed by atoms with E-state index in [4.69, 9.17) is 15.2 Å². The van der Waals surface area contributed by atoms with Crippen molar-refractivity contribution >= 4 is 17.6 Å². The molecule has 0 aliphatic carbocycles. The maximum absolute atomic E-state index is 12.3. The van der Waals surface area contributed by atoms with Gasteiger partial charge in [0.1, 0.15) is 12.6 Å². The highest BCUT2D eigenvalue weighted by atomic mass is 16.5. The lowest BCUT2D eigenvalue weighted by Crippen LogP contribution is -2.32. The fourth-order valence-corrected chi connectivity index (χ4v) is 3.28. The molecule has 3 aromatic rings. The van der Waals surface area contributed by atoms with E-state index in [0.29, 0.717) is 18.6 Å². The second kappa shape index (κ2) is 9.75. The van der Waals surface area contributed by atoms with Gasteiger partial charge in [0.05, 0.1) is 18.4 Å². The number of ether oxygens (including phenoxy) is 2. The van der Waals surface area contributed by atoms with Crippen molar-refractivity contribution in [1.29, 1.82) is 0 Å². The van der Waals surface area contributed by atoms with Gasteiger partial charge in [-0.05, 0) is 42.3 Å². The number of nitrogens with zero attached hydrogens (tertiary/aromatic N) is 1. The normalized spacial score (nSPS) is 12.8. The molecule has 0 saturated carbocycles. The summed E-state index contributed by atoms with van der Waals surface area (Å²) >= 11 is 0. The van der Waals surface area contributed by atoms with Crippen LogP contribution in [-0.2, 0) is 27.3 Å². The summed E-state index contributed by atoms with van der Waals surface area (Å²) in [5.41, 5.74) is 8.91. The number of pyridine rings is 1. The van der Waals surface area contributed by atoms with Gasteiger partial charge in [0.25, 0.3) is 5.56 Å². The highest BCUT2D eigenvalue weighted by Gasteiger charge is 2.20. The summed E-state index contributed by atoms with van der Waals surface area (Å²) in [6, 6.07) is 19.8. The van der Waals surface area contributed by atoms with Crippen LogP contribution in [0.1, 0.15) is 40.1 Å². The van der Waals surface area contributed by atoms with E-state index in [1.165, 1.54) is 11.7 Å². The SMILES string of the molecule is COC(=O)C(C)n1c(Cc2ccccc2)ccc(N)c1=O.O=C1OCc2cccc1c2. The number of methoxy groups -OCH3 is 1. The molecule has 4 rings (SSSR count). The average molecular weight is 420 g/mol. The maximum Gasteiger partial charge on any atom is 0.338 e. The minimum atomic E-state index is -0.718. The Morgan fingerprint density at radius 3 is 2.52 bits per heavy atom. The Bertz CT molecular complexity index is 1140. The van der Waals surface area contributed by atoms with Gasteiger partial charge in [-0.15, -0.1) is 0 Å². The smallest absolute Gasteiger partial charge is 0.338 e. The van der Waals surface area contributed by atoms with Crippen molar-refractivity contribution in [2.75, 3.05) is 12.8 Å². The summed E-state index contributed by atoms with van der Waals surface area (Å²) in [5.74, 6) is -0.690.